The van der Waals surface area contributed by atoms with E-state index >= 15 is 0 Å². The minimum absolute atomic E-state index is 0.143. The molecule has 1 fully saturated rings. The number of amides is 2. The van der Waals surface area contributed by atoms with E-state index in [4.69, 9.17) is 0 Å². The number of anilines is 3. The molecule has 9 heteroatoms. The molecule has 6 nitrogen and oxygen atoms in total. The number of piperidine rings is 1. The van der Waals surface area contributed by atoms with E-state index in [1.807, 2.05) is 55.3 Å². The fourth-order valence-corrected chi connectivity index (χ4v) is 4.67. The number of carbonyl (C=O) groups excluding carboxylic acids is 2. The number of nitrogens with zero attached hydrogens (tertiary/aromatic N) is 2. The molecule has 2 amide bonds. The number of carbonyl (C=O) groups is 2. The van der Waals surface area contributed by atoms with Crippen LogP contribution in [0.3, 0.4) is 0 Å². The Balaban J connectivity index is 1.71. The van der Waals surface area contributed by atoms with E-state index < -0.39 is 18.1 Å². The maximum Gasteiger partial charge on any atom is 0.471 e. The summed E-state index contributed by atoms with van der Waals surface area (Å²) in [5, 5.41) is 5.06. The zero-order valence-electron chi connectivity index (χ0n) is 18.6. The first-order chi connectivity index (χ1) is 15.7. The predicted octanol–water partition coefficient (Wildman–Crippen LogP) is 4.30. The molecule has 0 unspecified atom stereocenters. The average molecular weight is 461 g/mol. The van der Waals surface area contributed by atoms with E-state index in [2.05, 4.69) is 15.5 Å². The van der Waals surface area contributed by atoms with Crippen LogP contribution >= 0.6 is 0 Å². The number of benzene rings is 2. The van der Waals surface area contributed by atoms with Gasteiger partial charge in [0.05, 0.1) is 17.4 Å². The third-order valence-electron chi connectivity index (χ3n) is 6.30. The van der Waals surface area contributed by atoms with E-state index in [9.17, 15) is 22.8 Å². The first-order valence-corrected chi connectivity index (χ1v) is 11.1. The number of halogens is 3. The van der Waals surface area contributed by atoms with Crippen LogP contribution in [-0.4, -0.2) is 44.2 Å². The molecule has 0 spiro atoms. The summed E-state index contributed by atoms with van der Waals surface area (Å²) in [6.07, 6.45) is -3.32. The van der Waals surface area contributed by atoms with Crippen molar-refractivity contribution in [3.8, 4) is 0 Å². The topological polar surface area (TPSA) is 64.7 Å². The van der Waals surface area contributed by atoms with E-state index in [-0.39, 0.29) is 11.9 Å². The highest BCUT2D eigenvalue weighted by atomic mass is 19.4. The molecule has 2 aliphatic rings. The molecular weight excluding hydrogens is 433 g/mol. The average Bonchev–Trinajstić information content (AvgIpc) is 2.90. The van der Waals surface area contributed by atoms with Crippen molar-refractivity contribution < 1.29 is 22.8 Å². The maximum absolute atomic E-state index is 12.8. The van der Waals surface area contributed by atoms with Crippen LogP contribution in [0.1, 0.15) is 48.1 Å². The molecule has 176 valence electrons. The number of alkyl halides is 3. The van der Waals surface area contributed by atoms with Crippen molar-refractivity contribution in [2.75, 3.05) is 29.9 Å². The lowest BCUT2D eigenvalue weighted by Crippen LogP contribution is -2.49. The van der Waals surface area contributed by atoms with Crippen LogP contribution in [-0.2, 0) is 4.79 Å². The molecule has 2 aromatic rings. The molecule has 0 aromatic heterocycles. The van der Waals surface area contributed by atoms with Crippen molar-refractivity contribution in [2.24, 2.45) is 0 Å². The van der Waals surface area contributed by atoms with Crippen LogP contribution in [0.15, 0.2) is 42.5 Å². The molecule has 2 N–H and O–H groups in total. The maximum atomic E-state index is 12.8. The van der Waals surface area contributed by atoms with Crippen LogP contribution in [0.25, 0.3) is 0 Å². The number of hydrogen-bond donors (Lipinski definition) is 2. The Bertz CT molecular complexity index is 1060. The van der Waals surface area contributed by atoms with Crippen molar-refractivity contribution >= 4 is 28.9 Å². The standard InChI is InChI=1S/C24H27F3N4O2/c1-3-11-28-22(32)15-8-9-19-21(13-15)30(2)18-7-5-4-6-17(18)20-14-16(10-12-31(19)20)29-23(33)24(25,26)27/h4-9,13,16,20H,3,10-12,14H2,1-2H3,(H,28,32)(H,29,33)/t16-,20+/m0/s1. The second kappa shape index (κ2) is 8.96. The van der Waals surface area contributed by atoms with Crippen LogP contribution in [0.5, 0.6) is 0 Å². The molecule has 0 bridgehead atoms. The lowest BCUT2D eigenvalue weighted by atomic mass is 9.90. The second-order valence-corrected chi connectivity index (χ2v) is 8.48. The van der Waals surface area contributed by atoms with Gasteiger partial charge < -0.3 is 20.4 Å². The Kier molecular flexibility index (Phi) is 6.23. The summed E-state index contributed by atoms with van der Waals surface area (Å²) in [4.78, 5) is 28.3. The fourth-order valence-electron chi connectivity index (χ4n) is 4.67. The molecule has 0 radical (unpaired) electrons. The summed E-state index contributed by atoms with van der Waals surface area (Å²) in [7, 11) is 1.92. The highest BCUT2D eigenvalue weighted by Gasteiger charge is 2.42. The molecule has 2 aromatic carbocycles. The number of para-hydroxylation sites is 1. The first-order valence-electron chi connectivity index (χ1n) is 11.1. The summed E-state index contributed by atoms with van der Waals surface area (Å²) in [5.74, 6) is -2.04. The van der Waals surface area contributed by atoms with E-state index in [1.165, 1.54) is 0 Å². The summed E-state index contributed by atoms with van der Waals surface area (Å²) in [6, 6.07) is 12.5. The number of rotatable bonds is 4. The largest absolute Gasteiger partial charge is 0.471 e. The lowest BCUT2D eigenvalue weighted by molar-refractivity contribution is -0.174. The highest BCUT2D eigenvalue weighted by molar-refractivity contribution is 5.97. The Labute approximate surface area is 190 Å². The van der Waals surface area contributed by atoms with Gasteiger partial charge in [0.1, 0.15) is 0 Å². The monoisotopic (exact) mass is 460 g/mol. The fraction of sp³-hybridized carbons (Fsp3) is 0.417. The van der Waals surface area contributed by atoms with E-state index in [0.717, 1.165) is 29.0 Å². The molecule has 2 atom stereocenters. The first kappa shape index (κ1) is 22.9. The Hall–Kier alpha value is -3.23. The van der Waals surface area contributed by atoms with Gasteiger partial charge in [-0.2, -0.15) is 13.2 Å². The predicted molar refractivity (Wildman–Crippen MR) is 121 cm³/mol. The van der Waals surface area contributed by atoms with Crippen molar-refractivity contribution in [1.82, 2.24) is 10.6 Å². The van der Waals surface area contributed by atoms with Crippen molar-refractivity contribution in [3.63, 3.8) is 0 Å². The lowest BCUT2D eigenvalue weighted by Gasteiger charge is -2.41. The van der Waals surface area contributed by atoms with Crippen LogP contribution in [0.2, 0.25) is 0 Å². The zero-order chi connectivity index (χ0) is 23.8. The molecule has 0 saturated carbocycles. The molecule has 4 rings (SSSR count). The molecule has 2 aliphatic heterocycles. The Morgan fingerprint density at radius 2 is 1.85 bits per heavy atom. The molecule has 1 saturated heterocycles. The van der Waals surface area contributed by atoms with Crippen molar-refractivity contribution in [3.05, 3.63) is 53.6 Å². The van der Waals surface area contributed by atoms with Crippen LogP contribution < -0.4 is 20.4 Å². The molecular formula is C24H27F3N4O2. The molecule has 2 heterocycles. The van der Waals surface area contributed by atoms with Gasteiger partial charge in [-0.1, -0.05) is 25.1 Å². The van der Waals surface area contributed by atoms with Gasteiger partial charge in [-0.15, -0.1) is 0 Å². The minimum Gasteiger partial charge on any atom is -0.363 e. The second-order valence-electron chi connectivity index (χ2n) is 8.48. The van der Waals surface area contributed by atoms with Gasteiger partial charge in [0.25, 0.3) is 5.91 Å². The Morgan fingerprint density at radius 1 is 1.09 bits per heavy atom. The SMILES string of the molecule is CCCNC(=O)c1ccc2c(c1)N(C)c1ccccc1[C@H]1C[C@@H](NC(=O)C(F)(F)F)CCN21. The third-order valence-corrected chi connectivity index (χ3v) is 6.30. The van der Waals surface area contributed by atoms with Gasteiger partial charge >= 0.3 is 12.1 Å². The van der Waals surface area contributed by atoms with Gasteiger partial charge in [0.15, 0.2) is 0 Å². The van der Waals surface area contributed by atoms with Crippen LogP contribution in [0, 0.1) is 0 Å². The summed E-state index contributed by atoms with van der Waals surface area (Å²) >= 11 is 0. The molecule has 0 aliphatic carbocycles. The van der Waals surface area contributed by atoms with E-state index in [0.29, 0.717) is 31.5 Å². The molecule has 33 heavy (non-hydrogen) atoms. The number of fused-ring (bicyclic) bond motifs is 5. The van der Waals surface area contributed by atoms with Crippen LogP contribution in [0.4, 0.5) is 30.2 Å². The summed E-state index contributed by atoms with van der Waals surface area (Å²) < 4.78 is 38.4. The smallest absolute Gasteiger partial charge is 0.363 e. The normalized spacial score (nSPS) is 19.7. The summed E-state index contributed by atoms with van der Waals surface area (Å²) in [5.41, 5.74) is 4.20. The van der Waals surface area contributed by atoms with Gasteiger partial charge in [0.2, 0.25) is 0 Å². The van der Waals surface area contributed by atoms with Crippen molar-refractivity contribution in [1.29, 1.82) is 0 Å². The highest BCUT2D eigenvalue weighted by Crippen LogP contribution is 2.48. The third kappa shape index (κ3) is 4.49. The summed E-state index contributed by atoms with van der Waals surface area (Å²) in [6.45, 7) is 3.06. The number of nitrogens with one attached hydrogen (secondary N) is 2. The van der Waals surface area contributed by atoms with E-state index in [1.54, 1.807) is 6.07 Å². The van der Waals surface area contributed by atoms with Gasteiger partial charge in [-0.25, -0.2) is 0 Å². The van der Waals surface area contributed by atoms with Gasteiger partial charge in [-0.3, -0.25) is 9.59 Å². The van der Waals surface area contributed by atoms with Crippen molar-refractivity contribution in [2.45, 2.75) is 44.4 Å². The quantitative estimate of drug-likeness (QED) is 0.714. The number of hydrogen-bond acceptors (Lipinski definition) is 4. The minimum atomic E-state index is -4.90. The van der Waals surface area contributed by atoms with Gasteiger partial charge in [0, 0.05) is 37.4 Å². The van der Waals surface area contributed by atoms with Gasteiger partial charge in [-0.05, 0) is 49.1 Å². The zero-order valence-corrected chi connectivity index (χ0v) is 18.6. The Morgan fingerprint density at radius 3 is 2.58 bits per heavy atom.